The van der Waals surface area contributed by atoms with Crippen LogP contribution in [0.15, 0.2) is 23.3 Å². The van der Waals surface area contributed by atoms with E-state index in [-0.39, 0.29) is 0 Å². The summed E-state index contributed by atoms with van der Waals surface area (Å²) in [5, 5.41) is 0. The highest BCUT2D eigenvalue weighted by Crippen LogP contribution is 2.51. The molecule has 0 N–H and O–H groups in total. The molecule has 0 unspecified atom stereocenters. The Balaban J connectivity index is 2.24. The normalized spacial score (nSPS) is 34.5. The van der Waals surface area contributed by atoms with Gasteiger partial charge in [-0.15, -0.1) is 0 Å². The SMILES string of the molecule is C=C(C=O)[C@@H]1CC[C@@]2(C)CCCC(C)=C2C1. The molecule has 0 aromatic carbocycles. The first kappa shape index (κ1) is 11.6. The number of aldehydes is 1. The molecule has 0 aliphatic heterocycles. The van der Waals surface area contributed by atoms with Gasteiger partial charge in [-0.2, -0.15) is 0 Å². The van der Waals surface area contributed by atoms with Crippen LogP contribution in [0.2, 0.25) is 0 Å². The van der Waals surface area contributed by atoms with Gasteiger partial charge in [-0.1, -0.05) is 24.6 Å². The lowest BCUT2D eigenvalue weighted by atomic mass is 9.61. The molecule has 0 amide bonds. The van der Waals surface area contributed by atoms with Gasteiger partial charge in [0.2, 0.25) is 0 Å². The van der Waals surface area contributed by atoms with E-state index in [0.29, 0.717) is 11.3 Å². The van der Waals surface area contributed by atoms with Crippen LogP contribution in [0.3, 0.4) is 0 Å². The lowest BCUT2D eigenvalue weighted by molar-refractivity contribution is -0.105. The summed E-state index contributed by atoms with van der Waals surface area (Å²) in [5.41, 5.74) is 4.45. The molecule has 0 aromatic heterocycles. The predicted molar refractivity (Wildman–Crippen MR) is 67.2 cm³/mol. The van der Waals surface area contributed by atoms with Crippen molar-refractivity contribution in [3.63, 3.8) is 0 Å². The highest BCUT2D eigenvalue weighted by atomic mass is 16.1. The highest BCUT2D eigenvalue weighted by molar-refractivity contribution is 5.73. The minimum absolute atomic E-state index is 0.411. The molecule has 0 radical (unpaired) electrons. The van der Waals surface area contributed by atoms with Gasteiger partial charge in [-0.05, 0) is 62.4 Å². The van der Waals surface area contributed by atoms with E-state index in [1.54, 1.807) is 11.1 Å². The second kappa shape index (κ2) is 4.20. The molecule has 1 heteroatoms. The van der Waals surface area contributed by atoms with Crippen molar-refractivity contribution in [3.8, 4) is 0 Å². The largest absolute Gasteiger partial charge is 0.298 e. The van der Waals surface area contributed by atoms with E-state index < -0.39 is 0 Å². The van der Waals surface area contributed by atoms with E-state index in [0.717, 1.165) is 24.7 Å². The molecule has 1 fully saturated rings. The van der Waals surface area contributed by atoms with Crippen LogP contribution in [0.5, 0.6) is 0 Å². The van der Waals surface area contributed by atoms with Gasteiger partial charge in [0, 0.05) is 0 Å². The average molecular weight is 218 g/mol. The lowest BCUT2D eigenvalue weighted by Gasteiger charge is -2.44. The van der Waals surface area contributed by atoms with Gasteiger partial charge in [-0.3, -0.25) is 4.79 Å². The molecule has 0 saturated heterocycles. The number of fused-ring (bicyclic) bond motifs is 1. The first-order valence-electron chi connectivity index (χ1n) is 6.40. The summed E-state index contributed by atoms with van der Waals surface area (Å²) >= 11 is 0. The third kappa shape index (κ3) is 1.88. The number of rotatable bonds is 2. The predicted octanol–water partition coefficient (Wildman–Crippen LogP) is 4.05. The number of hydrogen-bond acceptors (Lipinski definition) is 1. The number of allylic oxidation sites excluding steroid dienone is 3. The molecule has 0 aromatic rings. The number of carbonyl (C=O) groups is 1. The standard InChI is InChI=1S/C15H22O/c1-11-5-4-7-15(3)8-6-13(9-14(11)15)12(2)10-16/h10,13H,2,4-9H2,1,3H3/t13-,15-/m1/s1. The van der Waals surface area contributed by atoms with Gasteiger partial charge >= 0.3 is 0 Å². The van der Waals surface area contributed by atoms with Crippen molar-refractivity contribution in [2.24, 2.45) is 11.3 Å². The van der Waals surface area contributed by atoms with Crippen LogP contribution in [0.4, 0.5) is 0 Å². The molecule has 2 aliphatic carbocycles. The Kier molecular flexibility index (Phi) is 3.05. The summed E-state index contributed by atoms with van der Waals surface area (Å²) in [5.74, 6) is 0.411. The zero-order valence-corrected chi connectivity index (χ0v) is 10.5. The van der Waals surface area contributed by atoms with Crippen LogP contribution in [0, 0.1) is 11.3 Å². The Bertz CT molecular complexity index is 350. The van der Waals surface area contributed by atoms with E-state index in [1.807, 2.05) is 0 Å². The van der Waals surface area contributed by atoms with Crippen LogP contribution >= 0.6 is 0 Å². The minimum atomic E-state index is 0.411. The first-order valence-corrected chi connectivity index (χ1v) is 6.40. The molecule has 16 heavy (non-hydrogen) atoms. The second-order valence-electron chi connectivity index (χ2n) is 5.81. The van der Waals surface area contributed by atoms with E-state index in [9.17, 15) is 4.79 Å². The number of carbonyl (C=O) groups excluding carboxylic acids is 1. The maximum Gasteiger partial charge on any atom is 0.145 e. The van der Waals surface area contributed by atoms with E-state index in [4.69, 9.17) is 0 Å². The lowest BCUT2D eigenvalue weighted by Crippen LogP contribution is -2.31. The molecule has 2 atom stereocenters. The van der Waals surface area contributed by atoms with Crippen LogP contribution in [0.25, 0.3) is 0 Å². The van der Waals surface area contributed by atoms with Gasteiger partial charge in [-0.25, -0.2) is 0 Å². The van der Waals surface area contributed by atoms with Crippen molar-refractivity contribution in [1.82, 2.24) is 0 Å². The average Bonchev–Trinajstić information content (AvgIpc) is 2.27. The van der Waals surface area contributed by atoms with Gasteiger partial charge in [0.1, 0.15) is 6.29 Å². The van der Waals surface area contributed by atoms with Crippen LogP contribution in [-0.4, -0.2) is 6.29 Å². The molecule has 0 heterocycles. The summed E-state index contributed by atoms with van der Waals surface area (Å²) < 4.78 is 0. The zero-order valence-electron chi connectivity index (χ0n) is 10.5. The van der Waals surface area contributed by atoms with Crippen molar-refractivity contribution in [1.29, 1.82) is 0 Å². The Morgan fingerprint density at radius 3 is 2.94 bits per heavy atom. The van der Waals surface area contributed by atoms with Crippen molar-refractivity contribution in [3.05, 3.63) is 23.3 Å². The fourth-order valence-electron chi connectivity index (χ4n) is 3.51. The van der Waals surface area contributed by atoms with Crippen molar-refractivity contribution < 1.29 is 4.79 Å². The van der Waals surface area contributed by atoms with Gasteiger partial charge < -0.3 is 0 Å². The smallest absolute Gasteiger partial charge is 0.145 e. The highest BCUT2D eigenvalue weighted by Gasteiger charge is 2.38. The Morgan fingerprint density at radius 2 is 2.25 bits per heavy atom. The monoisotopic (exact) mass is 218 g/mol. The summed E-state index contributed by atoms with van der Waals surface area (Å²) in [6, 6.07) is 0. The third-order valence-corrected chi connectivity index (χ3v) is 4.69. The van der Waals surface area contributed by atoms with Gasteiger partial charge in [0.05, 0.1) is 0 Å². The molecule has 0 spiro atoms. The van der Waals surface area contributed by atoms with E-state index in [1.165, 1.54) is 25.7 Å². The maximum atomic E-state index is 10.8. The molecular formula is C15H22O. The Labute approximate surface area is 98.6 Å². The van der Waals surface area contributed by atoms with Crippen molar-refractivity contribution >= 4 is 6.29 Å². The Morgan fingerprint density at radius 1 is 1.50 bits per heavy atom. The zero-order chi connectivity index (χ0) is 11.8. The van der Waals surface area contributed by atoms with Crippen LogP contribution in [0.1, 0.15) is 52.4 Å². The summed E-state index contributed by atoms with van der Waals surface area (Å²) in [7, 11) is 0. The molecule has 1 saturated carbocycles. The molecule has 2 rings (SSSR count). The van der Waals surface area contributed by atoms with Crippen molar-refractivity contribution in [2.75, 3.05) is 0 Å². The molecule has 1 nitrogen and oxygen atoms in total. The fourth-order valence-corrected chi connectivity index (χ4v) is 3.51. The molecule has 0 bridgehead atoms. The van der Waals surface area contributed by atoms with Crippen molar-refractivity contribution in [2.45, 2.75) is 52.4 Å². The van der Waals surface area contributed by atoms with Gasteiger partial charge in [0.15, 0.2) is 0 Å². The topological polar surface area (TPSA) is 17.1 Å². The first-order chi connectivity index (χ1) is 7.57. The number of hydrogen-bond donors (Lipinski definition) is 0. The molecule has 88 valence electrons. The van der Waals surface area contributed by atoms with Crippen LogP contribution < -0.4 is 0 Å². The second-order valence-corrected chi connectivity index (χ2v) is 5.81. The van der Waals surface area contributed by atoms with E-state index >= 15 is 0 Å². The maximum absolute atomic E-state index is 10.8. The van der Waals surface area contributed by atoms with Crippen LogP contribution in [-0.2, 0) is 4.79 Å². The third-order valence-electron chi connectivity index (χ3n) is 4.69. The quantitative estimate of drug-likeness (QED) is 0.388. The minimum Gasteiger partial charge on any atom is -0.298 e. The van der Waals surface area contributed by atoms with E-state index in [2.05, 4.69) is 20.4 Å². The Hall–Kier alpha value is -0.850. The molecule has 2 aliphatic rings. The fraction of sp³-hybridized carbons (Fsp3) is 0.667. The summed E-state index contributed by atoms with van der Waals surface area (Å²) in [6.45, 7) is 8.58. The van der Waals surface area contributed by atoms with Gasteiger partial charge in [0.25, 0.3) is 0 Å². The molecular weight excluding hydrogens is 196 g/mol. The summed E-state index contributed by atoms with van der Waals surface area (Å²) in [6.07, 6.45) is 8.34. The summed E-state index contributed by atoms with van der Waals surface area (Å²) in [4.78, 5) is 10.8.